The van der Waals surface area contributed by atoms with E-state index in [0.717, 1.165) is 12.1 Å². The fourth-order valence-corrected chi connectivity index (χ4v) is 1.35. The molecule has 1 rings (SSSR count). The van der Waals surface area contributed by atoms with Crippen LogP contribution in [0.5, 0.6) is 0 Å². The average Bonchev–Trinajstić information content (AvgIpc) is 2.27. The summed E-state index contributed by atoms with van der Waals surface area (Å²) in [7, 11) is 0. The lowest BCUT2D eigenvalue weighted by Crippen LogP contribution is -2.33. The van der Waals surface area contributed by atoms with Crippen LogP contribution < -0.4 is 5.32 Å². The lowest BCUT2D eigenvalue weighted by molar-refractivity contribution is 0.154. The minimum absolute atomic E-state index is 0.131. The number of hydrogen-bond donors (Lipinski definition) is 2. The van der Waals surface area contributed by atoms with Crippen molar-refractivity contribution in [2.45, 2.75) is 26.8 Å². The lowest BCUT2D eigenvalue weighted by Gasteiger charge is -2.25. The SMILES string of the molecule is C[C@H](NCC(C)(C)CO)c1ccc(F)cc1. The van der Waals surface area contributed by atoms with E-state index < -0.39 is 0 Å². The Kier molecular flexibility index (Phi) is 4.44. The van der Waals surface area contributed by atoms with E-state index in [9.17, 15) is 4.39 Å². The first-order chi connectivity index (χ1) is 7.44. The molecule has 2 N–H and O–H groups in total. The Hall–Kier alpha value is -0.930. The summed E-state index contributed by atoms with van der Waals surface area (Å²) in [4.78, 5) is 0. The van der Waals surface area contributed by atoms with Crippen molar-refractivity contribution in [3.8, 4) is 0 Å². The lowest BCUT2D eigenvalue weighted by atomic mass is 9.94. The smallest absolute Gasteiger partial charge is 0.123 e. The second-order valence-electron chi connectivity index (χ2n) is 4.98. The first-order valence-electron chi connectivity index (χ1n) is 5.54. The minimum Gasteiger partial charge on any atom is -0.396 e. The standard InChI is InChI=1S/C13H20FNO/c1-10(15-8-13(2,3)9-16)11-4-6-12(14)7-5-11/h4-7,10,15-16H,8-9H2,1-3H3/t10-/m0/s1. The van der Waals surface area contributed by atoms with Crippen molar-refractivity contribution in [1.29, 1.82) is 0 Å². The molecule has 0 aromatic heterocycles. The first kappa shape index (κ1) is 13.1. The van der Waals surface area contributed by atoms with Gasteiger partial charge in [0.15, 0.2) is 0 Å². The van der Waals surface area contributed by atoms with Crippen molar-refractivity contribution in [2.24, 2.45) is 5.41 Å². The van der Waals surface area contributed by atoms with Gasteiger partial charge in [-0.05, 0) is 24.6 Å². The molecule has 1 aromatic carbocycles. The highest BCUT2D eigenvalue weighted by molar-refractivity contribution is 5.19. The number of aliphatic hydroxyl groups is 1. The van der Waals surface area contributed by atoms with Gasteiger partial charge < -0.3 is 10.4 Å². The zero-order chi connectivity index (χ0) is 12.2. The fourth-order valence-electron chi connectivity index (χ4n) is 1.35. The predicted molar refractivity (Wildman–Crippen MR) is 63.7 cm³/mol. The molecule has 1 aromatic rings. The maximum absolute atomic E-state index is 12.7. The van der Waals surface area contributed by atoms with Crippen LogP contribution in [-0.2, 0) is 0 Å². The van der Waals surface area contributed by atoms with Gasteiger partial charge in [0.1, 0.15) is 5.82 Å². The van der Waals surface area contributed by atoms with Gasteiger partial charge in [0.2, 0.25) is 0 Å². The normalized spacial score (nSPS) is 13.8. The summed E-state index contributed by atoms with van der Waals surface area (Å²) >= 11 is 0. The summed E-state index contributed by atoms with van der Waals surface area (Å²) in [5, 5.41) is 12.5. The van der Waals surface area contributed by atoms with Crippen molar-refractivity contribution in [3.63, 3.8) is 0 Å². The van der Waals surface area contributed by atoms with Crippen molar-refractivity contribution < 1.29 is 9.50 Å². The molecule has 2 nitrogen and oxygen atoms in total. The number of benzene rings is 1. The fraction of sp³-hybridized carbons (Fsp3) is 0.538. The Labute approximate surface area is 96.5 Å². The monoisotopic (exact) mass is 225 g/mol. The molecule has 0 bridgehead atoms. The third kappa shape index (κ3) is 3.91. The molecule has 0 amide bonds. The van der Waals surface area contributed by atoms with Gasteiger partial charge in [-0.2, -0.15) is 0 Å². The van der Waals surface area contributed by atoms with Crippen LogP contribution in [0, 0.1) is 11.2 Å². The molecule has 0 unspecified atom stereocenters. The summed E-state index contributed by atoms with van der Waals surface area (Å²) in [5.74, 6) is -0.216. The Morgan fingerprint density at radius 2 is 1.88 bits per heavy atom. The molecular weight excluding hydrogens is 205 g/mol. The zero-order valence-electron chi connectivity index (χ0n) is 10.1. The summed E-state index contributed by atoms with van der Waals surface area (Å²) in [6.07, 6.45) is 0. The van der Waals surface area contributed by atoms with Gasteiger partial charge >= 0.3 is 0 Å². The predicted octanol–water partition coefficient (Wildman–Crippen LogP) is 2.49. The van der Waals surface area contributed by atoms with Gasteiger partial charge in [0.05, 0.1) is 0 Å². The van der Waals surface area contributed by atoms with Crippen LogP contribution in [0.25, 0.3) is 0 Å². The van der Waals surface area contributed by atoms with Crippen LogP contribution in [0.2, 0.25) is 0 Å². The molecule has 0 aliphatic heterocycles. The van der Waals surface area contributed by atoms with Crippen LogP contribution in [0.15, 0.2) is 24.3 Å². The summed E-state index contributed by atoms with van der Waals surface area (Å²) in [5.41, 5.74) is 0.920. The van der Waals surface area contributed by atoms with Gasteiger partial charge in [-0.1, -0.05) is 26.0 Å². The second-order valence-corrected chi connectivity index (χ2v) is 4.98. The van der Waals surface area contributed by atoms with Gasteiger partial charge in [-0.25, -0.2) is 4.39 Å². The first-order valence-corrected chi connectivity index (χ1v) is 5.54. The summed E-state index contributed by atoms with van der Waals surface area (Å²) in [6.45, 7) is 6.90. The Bertz CT molecular complexity index is 321. The van der Waals surface area contributed by atoms with E-state index in [-0.39, 0.29) is 23.9 Å². The average molecular weight is 225 g/mol. The summed E-state index contributed by atoms with van der Waals surface area (Å²) < 4.78 is 12.7. The van der Waals surface area contributed by atoms with Gasteiger partial charge in [-0.3, -0.25) is 0 Å². The molecule has 0 spiro atoms. The van der Waals surface area contributed by atoms with Crippen LogP contribution in [0.1, 0.15) is 32.4 Å². The zero-order valence-corrected chi connectivity index (χ0v) is 10.1. The topological polar surface area (TPSA) is 32.3 Å². The van der Waals surface area contributed by atoms with Crippen molar-refractivity contribution >= 4 is 0 Å². The van der Waals surface area contributed by atoms with E-state index in [1.165, 1.54) is 12.1 Å². The maximum Gasteiger partial charge on any atom is 0.123 e. The van der Waals surface area contributed by atoms with Gasteiger partial charge in [0.25, 0.3) is 0 Å². The van der Waals surface area contributed by atoms with Crippen molar-refractivity contribution in [3.05, 3.63) is 35.6 Å². The van der Waals surface area contributed by atoms with Crippen LogP contribution in [0.4, 0.5) is 4.39 Å². The molecule has 0 aliphatic rings. The number of nitrogens with one attached hydrogen (secondary N) is 1. The number of aliphatic hydroxyl groups excluding tert-OH is 1. The molecular formula is C13H20FNO. The Morgan fingerprint density at radius 1 is 1.31 bits per heavy atom. The quantitative estimate of drug-likeness (QED) is 0.807. The third-order valence-corrected chi connectivity index (χ3v) is 2.68. The van der Waals surface area contributed by atoms with E-state index >= 15 is 0 Å². The molecule has 0 fully saturated rings. The molecule has 3 heteroatoms. The van der Waals surface area contributed by atoms with Crippen molar-refractivity contribution in [1.82, 2.24) is 5.32 Å². The van der Waals surface area contributed by atoms with Gasteiger partial charge in [0, 0.05) is 24.6 Å². The number of rotatable bonds is 5. The van der Waals surface area contributed by atoms with Crippen LogP contribution in [-0.4, -0.2) is 18.3 Å². The molecule has 1 atom stereocenters. The highest BCUT2D eigenvalue weighted by atomic mass is 19.1. The van der Waals surface area contributed by atoms with E-state index in [1.807, 2.05) is 20.8 Å². The molecule has 0 heterocycles. The largest absolute Gasteiger partial charge is 0.396 e. The number of halogens is 1. The molecule has 0 aliphatic carbocycles. The molecule has 0 radical (unpaired) electrons. The maximum atomic E-state index is 12.7. The third-order valence-electron chi connectivity index (χ3n) is 2.68. The Balaban J connectivity index is 2.53. The van der Waals surface area contributed by atoms with E-state index in [4.69, 9.17) is 5.11 Å². The number of hydrogen-bond acceptors (Lipinski definition) is 2. The Morgan fingerprint density at radius 3 is 2.38 bits per heavy atom. The summed E-state index contributed by atoms with van der Waals surface area (Å²) in [6, 6.07) is 6.64. The minimum atomic E-state index is -0.216. The van der Waals surface area contributed by atoms with Crippen molar-refractivity contribution in [2.75, 3.05) is 13.2 Å². The molecule has 0 saturated carbocycles. The van der Waals surface area contributed by atoms with Gasteiger partial charge in [-0.15, -0.1) is 0 Å². The second kappa shape index (κ2) is 5.41. The molecule has 90 valence electrons. The highest BCUT2D eigenvalue weighted by Gasteiger charge is 2.17. The molecule has 16 heavy (non-hydrogen) atoms. The van der Waals surface area contributed by atoms with E-state index in [0.29, 0.717) is 0 Å². The van der Waals surface area contributed by atoms with Crippen LogP contribution in [0.3, 0.4) is 0 Å². The molecule has 0 saturated heterocycles. The van der Waals surface area contributed by atoms with E-state index in [1.54, 1.807) is 12.1 Å². The highest BCUT2D eigenvalue weighted by Crippen LogP contribution is 2.17. The van der Waals surface area contributed by atoms with E-state index in [2.05, 4.69) is 5.32 Å². The van der Waals surface area contributed by atoms with Crippen LogP contribution >= 0.6 is 0 Å².